The molecular formula is C42H41F6N3O5. The Bertz CT molecular complexity index is 2340. The van der Waals surface area contributed by atoms with Crippen LogP contribution < -0.4 is 0 Å². The number of carbonyl (C=O) groups is 2. The van der Waals surface area contributed by atoms with Gasteiger partial charge in [-0.2, -0.15) is 26.3 Å². The van der Waals surface area contributed by atoms with Gasteiger partial charge in [0.2, 0.25) is 0 Å². The molecule has 0 radical (unpaired) electrons. The van der Waals surface area contributed by atoms with Crippen LogP contribution in [-0.4, -0.2) is 60.9 Å². The molecule has 6 rings (SSSR count). The molecule has 0 amide bonds. The zero-order valence-electron chi connectivity index (χ0n) is 31.5. The van der Waals surface area contributed by atoms with Crippen LogP contribution >= 0.6 is 0 Å². The highest BCUT2D eigenvalue weighted by molar-refractivity contribution is 6.07. The van der Waals surface area contributed by atoms with E-state index in [0.717, 1.165) is 23.5 Å². The number of ether oxygens (including phenoxy) is 3. The molecule has 8 nitrogen and oxygen atoms in total. The van der Waals surface area contributed by atoms with Gasteiger partial charge in [-0.1, -0.05) is 0 Å². The fourth-order valence-corrected chi connectivity index (χ4v) is 6.77. The van der Waals surface area contributed by atoms with E-state index in [4.69, 9.17) is 14.2 Å². The van der Waals surface area contributed by atoms with Gasteiger partial charge in [0, 0.05) is 64.5 Å². The molecule has 0 fully saturated rings. The molecule has 0 bridgehead atoms. The molecule has 0 atom stereocenters. The number of nitrogens with zero attached hydrogens (tertiary/aromatic N) is 3. The van der Waals surface area contributed by atoms with Crippen molar-refractivity contribution in [2.75, 3.05) is 34.5 Å². The van der Waals surface area contributed by atoms with Gasteiger partial charge in [0.25, 0.3) is 0 Å². The Labute approximate surface area is 319 Å². The van der Waals surface area contributed by atoms with E-state index >= 15 is 0 Å². The SMILES string of the molecule is COCCCc1cc2c(C(=O)OC)cc(-c3cccn3C)cc2cc1C(F)(F)F.COCCCc1cc2c(C=O)cc(-c3cncn3C)cc2cc1C(F)(F)F. The molecule has 0 saturated carbocycles. The van der Waals surface area contributed by atoms with Gasteiger partial charge in [-0.05, 0) is 125 Å². The average Bonchev–Trinajstić information content (AvgIpc) is 3.80. The molecule has 0 unspecified atom stereocenters. The van der Waals surface area contributed by atoms with E-state index < -0.39 is 29.4 Å². The number of benzene rings is 4. The summed E-state index contributed by atoms with van der Waals surface area (Å²) in [4.78, 5) is 28.1. The number of fused-ring (bicyclic) bond motifs is 2. The van der Waals surface area contributed by atoms with Crippen LogP contribution in [0.4, 0.5) is 26.3 Å². The zero-order valence-corrected chi connectivity index (χ0v) is 31.5. The average molecular weight is 782 g/mol. The third kappa shape index (κ3) is 9.31. The Morgan fingerprint density at radius 3 is 1.75 bits per heavy atom. The topological polar surface area (TPSA) is 84.6 Å². The first-order valence-electron chi connectivity index (χ1n) is 17.6. The minimum atomic E-state index is -4.50. The largest absolute Gasteiger partial charge is 0.465 e. The van der Waals surface area contributed by atoms with Crippen molar-refractivity contribution in [2.45, 2.75) is 38.0 Å². The minimum Gasteiger partial charge on any atom is -0.465 e. The van der Waals surface area contributed by atoms with E-state index in [1.54, 1.807) is 48.4 Å². The number of aryl methyl sites for hydroxylation is 4. The van der Waals surface area contributed by atoms with Crippen LogP contribution in [0, 0.1) is 0 Å². The van der Waals surface area contributed by atoms with E-state index in [2.05, 4.69) is 4.98 Å². The summed E-state index contributed by atoms with van der Waals surface area (Å²) in [5.41, 5.74) is 2.32. The number of carbonyl (C=O) groups excluding carboxylic acids is 2. The Balaban J connectivity index is 0.000000215. The number of aromatic nitrogens is 3. The molecule has 4 aromatic carbocycles. The summed E-state index contributed by atoms with van der Waals surface area (Å²) in [6.07, 6.45) is -1.93. The number of hydrogen-bond acceptors (Lipinski definition) is 6. The third-order valence-electron chi connectivity index (χ3n) is 9.47. The van der Waals surface area contributed by atoms with Gasteiger partial charge < -0.3 is 23.3 Å². The Morgan fingerprint density at radius 1 is 0.732 bits per heavy atom. The second-order valence-electron chi connectivity index (χ2n) is 13.2. The number of esters is 1. The molecule has 0 spiro atoms. The predicted molar refractivity (Wildman–Crippen MR) is 202 cm³/mol. The van der Waals surface area contributed by atoms with E-state index in [1.165, 1.54) is 33.5 Å². The van der Waals surface area contributed by atoms with Crippen molar-refractivity contribution in [3.05, 3.63) is 113 Å². The number of hydrogen-bond donors (Lipinski definition) is 0. The first-order chi connectivity index (χ1) is 26.6. The molecule has 0 aliphatic heterocycles. The van der Waals surface area contributed by atoms with Gasteiger partial charge in [0.1, 0.15) is 0 Å². The van der Waals surface area contributed by atoms with Crippen LogP contribution in [0.2, 0.25) is 0 Å². The van der Waals surface area contributed by atoms with Gasteiger partial charge >= 0.3 is 18.3 Å². The summed E-state index contributed by atoms with van der Waals surface area (Å²) in [5, 5.41) is 1.66. The lowest BCUT2D eigenvalue weighted by atomic mass is 9.92. The quantitative estimate of drug-likeness (QED) is 0.0532. The number of alkyl halides is 6. The Morgan fingerprint density at radius 2 is 1.29 bits per heavy atom. The van der Waals surface area contributed by atoms with Crippen LogP contribution in [0.1, 0.15) is 55.8 Å². The van der Waals surface area contributed by atoms with Gasteiger partial charge in [-0.25, -0.2) is 9.78 Å². The van der Waals surface area contributed by atoms with E-state index in [0.29, 0.717) is 70.6 Å². The standard InChI is InChI=1S/C22H22F3NO3.C20H19F3N2O2/c1-26-8-4-7-20(26)16-10-15-13-19(22(23,24)25)14(6-5-9-28-2)11-17(15)18(12-16)21(27)29-3;1-25-12-24-10-19(25)15-6-14-9-18(20(21,22)23)13(4-3-5-27-2)8-17(14)16(7-15)11-26/h4,7-8,10-13H,5-6,9H2,1-3H3;6-12H,3-5H2,1-2H3. The summed E-state index contributed by atoms with van der Waals surface area (Å²) in [5.74, 6) is -0.589. The molecular weight excluding hydrogens is 740 g/mol. The van der Waals surface area contributed by atoms with Crippen LogP contribution in [0.3, 0.4) is 0 Å². The van der Waals surface area contributed by atoms with Gasteiger partial charge in [-0.15, -0.1) is 0 Å². The van der Waals surface area contributed by atoms with Gasteiger partial charge in [0.05, 0.1) is 42.0 Å². The highest BCUT2D eigenvalue weighted by atomic mass is 19.4. The van der Waals surface area contributed by atoms with Crippen molar-refractivity contribution >= 4 is 33.8 Å². The van der Waals surface area contributed by atoms with E-state index in [-0.39, 0.29) is 29.5 Å². The second-order valence-corrected chi connectivity index (χ2v) is 13.2. The van der Waals surface area contributed by atoms with Crippen LogP contribution in [0.5, 0.6) is 0 Å². The van der Waals surface area contributed by atoms with Crippen molar-refractivity contribution < 1.29 is 50.1 Å². The number of imidazole rings is 1. The molecule has 14 heteroatoms. The zero-order chi connectivity index (χ0) is 40.8. The maximum atomic E-state index is 13.7. The van der Waals surface area contributed by atoms with Crippen LogP contribution in [0.15, 0.2) is 79.4 Å². The third-order valence-corrected chi connectivity index (χ3v) is 9.47. The van der Waals surface area contributed by atoms with Crippen molar-refractivity contribution in [3.63, 3.8) is 0 Å². The van der Waals surface area contributed by atoms with Gasteiger partial charge in [-0.3, -0.25) is 4.79 Å². The Kier molecular flexibility index (Phi) is 13.1. The number of methoxy groups -OCH3 is 3. The Hall–Kier alpha value is -5.47. The molecule has 2 aromatic heterocycles. The maximum absolute atomic E-state index is 13.7. The lowest BCUT2D eigenvalue weighted by Crippen LogP contribution is -2.11. The minimum absolute atomic E-state index is 0.138. The molecule has 6 aromatic rings. The lowest BCUT2D eigenvalue weighted by Gasteiger charge is -2.17. The van der Waals surface area contributed by atoms with Crippen molar-refractivity contribution in [1.82, 2.24) is 14.1 Å². The molecule has 0 aliphatic rings. The molecule has 0 saturated heterocycles. The highest BCUT2D eigenvalue weighted by Crippen LogP contribution is 2.39. The van der Waals surface area contributed by atoms with Gasteiger partial charge in [0.15, 0.2) is 6.29 Å². The van der Waals surface area contributed by atoms with Crippen molar-refractivity contribution in [1.29, 1.82) is 0 Å². The van der Waals surface area contributed by atoms with Crippen molar-refractivity contribution in [3.8, 4) is 22.5 Å². The molecule has 56 heavy (non-hydrogen) atoms. The summed E-state index contributed by atoms with van der Waals surface area (Å²) in [7, 11) is 7.89. The lowest BCUT2D eigenvalue weighted by molar-refractivity contribution is -0.139. The smallest absolute Gasteiger partial charge is 0.416 e. The monoisotopic (exact) mass is 781 g/mol. The van der Waals surface area contributed by atoms with Crippen molar-refractivity contribution in [2.24, 2.45) is 14.1 Å². The molecule has 0 N–H and O–H groups in total. The molecule has 0 aliphatic carbocycles. The normalized spacial score (nSPS) is 11.8. The number of halogens is 6. The van der Waals surface area contributed by atoms with E-state index in [1.807, 2.05) is 29.9 Å². The summed E-state index contributed by atoms with van der Waals surface area (Å²) < 4.78 is 100. The number of aldehydes is 1. The summed E-state index contributed by atoms with van der Waals surface area (Å²) >= 11 is 0. The first-order valence-corrected chi connectivity index (χ1v) is 17.6. The first kappa shape index (κ1) is 41.7. The molecule has 2 heterocycles. The number of rotatable bonds is 12. The predicted octanol–water partition coefficient (Wildman–Crippen LogP) is 9.88. The van der Waals surface area contributed by atoms with Crippen LogP contribution in [0.25, 0.3) is 44.1 Å². The summed E-state index contributed by atoms with van der Waals surface area (Å²) in [6, 6.07) is 15.5. The fourth-order valence-electron chi connectivity index (χ4n) is 6.77. The van der Waals surface area contributed by atoms with E-state index in [9.17, 15) is 35.9 Å². The second kappa shape index (κ2) is 17.5. The highest BCUT2D eigenvalue weighted by Gasteiger charge is 2.35. The van der Waals surface area contributed by atoms with Crippen LogP contribution in [-0.2, 0) is 53.5 Å². The summed E-state index contributed by atoms with van der Waals surface area (Å²) in [6.45, 7) is 0.723. The molecule has 296 valence electrons. The fraction of sp³-hybridized carbons (Fsp3) is 0.310. The maximum Gasteiger partial charge on any atom is 0.416 e.